The highest BCUT2D eigenvalue weighted by Crippen LogP contribution is 1.85. The molecule has 0 aliphatic carbocycles. The van der Waals surface area contributed by atoms with Crippen molar-refractivity contribution >= 4 is 22.6 Å². The molecule has 0 aliphatic rings. The van der Waals surface area contributed by atoms with E-state index in [0.717, 1.165) is 0 Å². The smallest absolute Gasteiger partial charge is 0.285 e. The van der Waals surface area contributed by atoms with E-state index < -0.39 is 11.0 Å². The van der Waals surface area contributed by atoms with E-state index in [1.165, 1.54) is 13.2 Å². The van der Waals surface area contributed by atoms with Crippen LogP contribution in [0.25, 0.3) is 0 Å². The molecule has 0 saturated carbocycles. The van der Waals surface area contributed by atoms with Crippen molar-refractivity contribution in [1.82, 2.24) is 0 Å². The lowest BCUT2D eigenvalue weighted by Crippen LogP contribution is -2.03. The Morgan fingerprint density at radius 3 is 2.56 bits per heavy atom. The fourth-order valence-electron chi connectivity index (χ4n) is 0.192. The first-order valence-electron chi connectivity index (χ1n) is 1.93. The Hall–Kier alpha value is -1.08. The standard InChI is InChI=1S/C4H3ClN2O2/c1-9-7-3(2-6)4(5)8/h1H3/b7-3-. The van der Waals surface area contributed by atoms with Crippen molar-refractivity contribution in [1.29, 1.82) is 5.26 Å². The van der Waals surface area contributed by atoms with Gasteiger partial charge in [0.2, 0.25) is 5.71 Å². The minimum absolute atomic E-state index is 0.445. The molecule has 0 radical (unpaired) electrons. The Morgan fingerprint density at radius 1 is 1.89 bits per heavy atom. The van der Waals surface area contributed by atoms with Crippen LogP contribution in [-0.2, 0) is 9.63 Å². The molecule has 5 heteroatoms. The summed E-state index contributed by atoms with van der Waals surface area (Å²) >= 11 is 4.85. The molecule has 48 valence electrons. The average molecular weight is 147 g/mol. The molecule has 0 amide bonds. The summed E-state index contributed by atoms with van der Waals surface area (Å²) in [4.78, 5) is 14.2. The summed E-state index contributed by atoms with van der Waals surface area (Å²) in [6.45, 7) is 0. The van der Waals surface area contributed by atoms with Crippen LogP contribution in [0, 0.1) is 11.3 Å². The minimum Gasteiger partial charge on any atom is -0.398 e. The van der Waals surface area contributed by atoms with E-state index in [2.05, 4.69) is 9.99 Å². The summed E-state index contributed by atoms with van der Waals surface area (Å²) in [7, 11) is 1.22. The van der Waals surface area contributed by atoms with Gasteiger partial charge in [0, 0.05) is 0 Å². The number of halogens is 1. The van der Waals surface area contributed by atoms with E-state index in [1.807, 2.05) is 0 Å². The fraction of sp³-hybridized carbons (Fsp3) is 0.250. The molecular formula is C4H3ClN2O2. The first-order chi connectivity index (χ1) is 4.22. The zero-order valence-electron chi connectivity index (χ0n) is 4.59. The molecule has 0 unspecified atom stereocenters. The summed E-state index contributed by atoms with van der Waals surface area (Å²) < 4.78 is 0. The summed E-state index contributed by atoms with van der Waals surface area (Å²) in [5.74, 6) is 0. The largest absolute Gasteiger partial charge is 0.398 e. The van der Waals surface area contributed by atoms with E-state index in [1.54, 1.807) is 0 Å². The highest BCUT2D eigenvalue weighted by Gasteiger charge is 2.05. The third kappa shape index (κ3) is 2.67. The van der Waals surface area contributed by atoms with E-state index in [-0.39, 0.29) is 0 Å². The van der Waals surface area contributed by atoms with Crippen LogP contribution < -0.4 is 0 Å². The lowest BCUT2D eigenvalue weighted by atomic mass is 10.5. The molecule has 0 aromatic rings. The third-order valence-corrected chi connectivity index (χ3v) is 0.654. The SMILES string of the molecule is CO/N=C(/C#N)C(=O)Cl. The van der Waals surface area contributed by atoms with Gasteiger partial charge in [0.25, 0.3) is 5.24 Å². The normalized spacial score (nSPS) is 10.1. The number of nitriles is 1. The summed E-state index contributed by atoms with van der Waals surface area (Å²) in [5, 5.41) is 10.2. The minimum atomic E-state index is -0.917. The van der Waals surface area contributed by atoms with Crippen LogP contribution in [0.4, 0.5) is 0 Å². The first-order valence-corrected chi connectivity index (χ1v) is 2.31. The van der Waals surface area contributed by atoms with Gasteiger partial charge in [-0.3, -0.25) is 4.79 Å². The fourth-order valence-corrected chi connectivity index (χ4v) is 0.268. The second-order valence-corrected chi connectivity index (χ2v) is 1.35. The summed E-state index contributed by atoms with van der Waals surface area (Å²) in [6.07, 6.45) is 0. The number of hydrogen-bond donors (Lipinski definition) is 0. The average Bonchev–Trinajstić information content (AvgIpc) is 1.82. The van der Waals surface area contributed by atoms with Crippen LogP contribution in [0.2, 0.25) is 0 Å². The van der Waals surface area contributed by atoms with E-state index >= 15 is 0 Å². The van der Waals surface area contributed by atoms with Gasteiger partial charge in [-0.2, -0.15) is 5.26 Å². The molecule has 0 bridgehead atoms. The van der Waals surface area contributed by atoms with Crippen molar-refractivity contribution in [3.05, 3.63) is 0 Å². The zero-order valence-corrected chi connectivity index (χ0v) is 5.34. The van der Waals surface area contributed by atoms with Crippen molar-refractivity contribution < 1.29 is 9.63 Å². The summed E-state index contributed by atoms with van der Waals surface area (Å²) in [6, 6.07) is 1.45. The maximum atomic E-state index is 10.1. The highest BCUT2D eigenvalue weighted by molar-refractivity contribution is 6.84. The van der Waals surface area contributed by atoms with Gasteiger partial charge in [0.05, 0.1) is 0 Å². The molecule has 0 aromatic heterocycles. The number of hydrogen-bond acceptors (Lipinski definition) is 4. The van der Waals surface area contributed by atoms with Crippen molar-refractivity contribution in [3.8, 4) is 6.07 Å². The van der Waals surface area contributed by atoms with Crippen molar-refractivity contribution in [3.63, 3.8) is 0 Å². The van der Waals surface area contributed by atoms with Crippen LogP contribution in [0.15, 0.2) is 5.16 Å². The van der Waals surface area contributed by atoms with E-state index in [9.17, 15) is 4.79 Å². The maximum absolute atomic E-state index is 10.1. The number of rotatable bonds is 2. The number of oxime groups is 1. The molecule has 0 N–H and O–H groups in total. The van der Waals surface area contributed by atoms with Gasteiger partial charge < -0.3 is 4.84 Å². The van der Waals surface area contributed by atoms with Crippen LogP contribution >= 0.6 is 11.6 Å². The Morgan fingerprint density at radius 2 is 2.44 bits per heavy atom. The van der Waals surface area contributed by atoms with E-state index in [0.29, 0.717) is 0 Å². The predicted molar refractivity (Wildman–Crippen MR) is 30.9 cm³/mol. The molecular weight excluding hydrogens is 144 g/mol. The topological polar surface area (TPSA) is 62.4 Å². The molecule has 0 rings (SSSR count). The van der Waals surface area contributed by atoms with Crippen LogP contribution in [-0.4, -0.2) is 18.1 Å². The lowest BCUT2D eigenvalue weighted by Gasteiger charge is -1.84. The van der Waals surface area contributed by atoms with Crippen molar-refractivity contribution in [2.24, 2.45) is 5.16 Å². The first kappa shape index (κ1) is 7.92. The number of carbonyl (C=O) groups excluding carboxylic acids is 1. The van der Waals surface area contributed by atoms with Crippen LogP contribution in [0.1, 0.15) is 0 Å². The van der Waals surface area contributed by atoms with Crippen molar-refractivity contribution in [2.75, 3.05) is 7.11 Å². The Labute approximate surface area is 56.7 Å². The molecule has 0 atom stereocenters. The lowest BCUT2D eigenvalue weighted by molar-refractivity contribution is -0.106. The second-order valence-electron chi connectivity index (χ2n) is 1.01. The van der Waals surface area contributed by atoms with Gasteiger partial charge in [-0.1, -0.05) is 5.16 Å². The van der Waals surface area contributed by atoms with Gasteiger partial charge in [0.15, 0.2) is 0 Å². The maximum Gasteiger partial charge on any atom is 0.285 e. The molecule has 4 nitrogen and oxygen atoms in total. The third-order valence-electron chi connectivity index (χ3n) is 0.475. The Balaban J connectivity index is 4.20. The monoisotopic (exact) mass is 146 g/mol. The van der Waals surface area contributed by atoms with Gasteiger partial charge in [-0.15, -0.1) is 0 Å². The molecule has 0 heterocycles. The van der Waals surface area contributed by atoms with Gasteiger partial charge in [0.1, 0.15) is 13.2 Å². The van der Waals surface area contributed by atoms with Crippen molar-refractivity contribution in [2.45, 2.75) is 0 Å². The quantitative estimate of drug-likeness (QED) is 0.319. The Bertz CT molecular complexity index is 181. The molecule has 0 aliphatic heterocycles. The van der Waals surface area contributed by atoms with Gasteiger partial charge >= 0.3 is 0 Å². The molecule has 0 saturated heterocycles. The van der Waals surface area contributed by atoms with Crippen LogP contribution in [0.5, 0.6) is 0 Å². The summed E-state index contributed by atoms with van der Waals surface area (Å²) in [5.41, 5.74) is -0.445. The Kier molecular flexibility index (Phi) is 3.40. The number of carbonyl (C=O) groups is 1. The predicted octanol–water partition coefficient (Wildman–Crippen LogP) is 0.278. The molecule has 0 aromatic carbocycles. The molecule has 9 heavy (non-hydrogen) atoms. The number of nitrogens with zero attached hydrogens (tertiary/aromatic N) is 2. The van der Waals surface area contributed by atoms with E-state index in [4.69, 9.17) is 16.9 Å². The van der Waals surface area contributed by atoms with Gasteiger partial charge in [-0.05, 0) is 11.6 Å². The van der Waals surface area contributed by atoms with Gasteiger partial charge in [-0.25, -0.2) is 0 Å². The zero-order chi connectivity index (χ0) is 7.28. The second kappa shape index (κ2) is 3.87. The molecule has 0 spiro atoms. The highest BCUT2D eigenvalue weighted by atomic mass is 35.5. The molecule has 0 fully saturated rings. The van der Waals surface area contributed by atoms with Crippen LogP contribution in [0.3, 0.4) is 0 Å².